The van der Waals surface area contributed by atoms with Gasteiger partial charge in [0.1, 0.15) is 5.69 Å². The van der Waals surface area contributed by atoms with Crippen LogP contribution in [0, 0.1) is 10.1 Å². The number of nitrogens with zero attached hydrogens (tertiary/aromatic N) is 5. The maximum absolute atomic E-state index is 12.5. The molecule has 0 unspecified atom stereocenters. The van der Waals surface area contributed by atoms with Gasteiger partial charge in [0.2, 0.25) is 10.2 Å². The van der Waals surface area contributed by atoms with E-state index in [0.29, 0.717) is 11.0 Å². The Hall–Kier alpha value is -4.51. The van der Waals surface area contributed by atoms with Gasteiger partial charge in [-0.15, -0.1) is 10.2 Å². The van der Waals surface area contributed by atoms with Crippen LogP contribution in [0.3, 0.4) is 0 Å². The number of thioether (sulfide) groups is 1. The number of methoxy groups -OCH3 is 1. The van der Waals surface area contributed by atoms with E-state index in [1.165, 1.54) is 25.3 Å². The average molecular weight is 475 g/mol. The van der Waals surface area contributed by atoms with Crippen LogP contribution in [0.15, 0.2) is 95.2 Å². The second-order valence-electron chi connectivity index (χ2n) is 6.74. The van der Waals surface area contributed by atoms with Gasteiger partial charge < -0.3 is 4.74 Å². The van der Waals surface area contributed by atoms with E-state index in [-0.39, 0.29) is 16.4 Å². The molecular weight excluding hydrogens is 456 g/mol. The number of anilines is 1. The van der Waals surface area contributed by atoms with E-state index in [9.17, 15) is 14.9 Å². The Morgan fingerprint density at radius 2 is 1.65 bits per heavy atom. The van der Waals surface area contributed by atoms with Crippen molar-refractivity contribution < 1.29 is 14.5 Å². The van der Waals surface area contributed by atoms with E-state index in [2.05, 4.69) is 20.7 Å². The number of nitro benzene ring substituents is 1. The Morgan fingerprint density at radius 1 is 1.00 bits per heavy atom. The highest BCUT2D eigenvalue weighted by molar-refractivity contribution is 8.15. The molecule has 0 radical (unpaired) electrons. The van der Waals surface area contributed by atoms with Crippen molar-refractivity contribution in [2.75, 3.05) is 12.5 Å². The summed E-state index contributed by atoms with van der Waals surface area (Å²) in [6.07, 6.45) is 0. The van der Waals surface area contributed by atoms with Crippen LogP contribution in [-0.4, -0.2) is 37.8 Å². The Bertz CT molecular complexity index is 1340. The number of rotatable bonds is 6. The summed E-state index contributed by atoms with van der Waals surface area (Å²) in [4.78, 5) is 23.2. The minimum absolute atomic E-state index is 0.107. The van der Waals surface area contributed by atoms with Gasteiger partial charge in [0, 0.05) is 17.3 Å². The zero-order valence-corrected chi connectivity index (χ0v) is 18.7. The smallest absolute Gasteiger partial charge is 0.365 e. The summed E-state index contributed by atoms with van der Waals surface area (Å²) in [7, 11) is 1.22. The third kappa shape index (κ3) is 4.94. The quantitative estimate of drug-likeness (QED) is 0.108. The normalized spacial score (nSPS) is 11.1. The highest BCUT2D eigenvalue weighted by atomic mass is 32.2. The lowest BCUT2D eigenvalue weighted by Crippen LogP contribution is -2.15. The number of ether oxygens (including phenoxy) is 1. The summed E-state index contributed by atoms with van der Waals surface area (Å²) in [5, 5.41) is 24.2. The Kier molecular flexibility index (Phi) is 6.94. The Morgan fingerprint density at radius 3 is 2.32 bits per heavy atom. The van der Waals surface area contributed by atoms with E-state index in [0.717, 1.165) is 23.0 Å². The Labute approximate surface area is 198 Å². The number of hydrogen-bond donors (Lipinski definition) is 1. The zero-order chi connectivity index (χ0) is 23.9. The van der Waals surface area contributed by atoms with Crippen LogP contribution >= 0.6 is 11.8 Å². The summed E-state index contributed by atoms with van der Waals surface area (Å²) in [5.41, 5.74) is 4.16. The molecule has 0 amide bonds. The van der Waals surface area contributed by atoms with Gasteiger partial charge in [-0.25, -0.2) is 4.79 Å². The third-order valence-electron chi connectivity index (χ3n) is 4.61. The maximum Gasteiger partial charge on any atom is 0.365 e. The molecule has 4 aromatic rings. The van der Waals surface area contributed by atoms with Crippen molar-refractivity contribution in [3.63, 3.8) is 0 Å². The monoisotopic (exact) mass is 474 g/mol. The molecule has 1 heterocycles. The van der Waals surface area contributed by atoms with Crippen LogP contribution in [0.25, 0.3) is 17.1 Å². The highest BCUT2D eigenvalue weighted by Crippen LogP contribution is 2.29. The van der Waals surface area contributed by atoms with E-state index in [1.807, 2.05) is 60.7 Å². The second kappa shape index (κ2) is 10.4. The first-order chi connectivity index (χ1) is 16.6. The summed E-state index contributed by atoms with van der Waals surface area (Å²) in [5.74, 6) is -0.162. The first kappa shape index (κ1) is 22.7. The molecule has 11 heteroatoms. The topological polar surface area (TPSA) is 125 Å². The lowest BCUT2D eigenvalue weighted by Gasteiger charge is -2.11. The molecule has 0 fully saturated rings. The molecular formula is C23H18N6O4S. The third-order valence-corrected chi connectivity index (χ3v) is 5.50. The molecule has 34 heavy (non-hydrogen) atoms. The summed E-state index contributed by atoms with van der Waals surface area (Å²) >= 11 is 0.924. The van der Waals surface area contributed by atoms with Crippen molar-refractivity contribution in [3.8, 4) is 17.1 Å². The fourth-order valence-electron chi connectivity index (χ4n) is 3.04. The van der Waals surface area contributed by atoms with Gasteiger partial charge in [-0.3, -0.25) is 20.1 Å². The number of nitro groups is 1. The van der Waals surface area contributed by atoms with Crippen molar-refractivity contribution in [2.45, 2.75) is 5.16 Å². The molecule has 3 aromatic carbocycles. The van der Waals surface area contributed by atoms with Crippen molar-refractivity contribution >= 4 is 34.1 Å². The Balaban J connectivity index is 1.74. The summed E-state index contributed by atoms with van der Waals surface area (Å²) in [6.45, 7) is 0. The largest absolute Gasteiger partial charge is 0.464 e. The predicted octanol–water partition coefficient (Wildman–Crippen LogP) is 4.53. The van der Waals surface area contributed by atoms with Crippen molar-refractivity contribution in [2.24, 2.45) is 5.10 Å². The van der Waals surface area contributed by atoms with E-state index < -0.39 is 10.9 Å². The minimum atomic E-state index is -0.736. The number of esters is 1. The van der Waals surface area contributed by atoms with E-state index >= 15 is 0 Å². The first-order valence-corrected chi connectivity index (χ1v) is 10.8. The molecule has 170 valence electrons. The molecule has 10 nitrogen and oxygen atoms in total. The van der Waals surface area contributed by atoms with Gasteiger partial charge >= 0.3 is 5.97 Å². The number of nitrogens with one attached hydrogen (secondary N) is 1. The molecule has 0 saturated heterocycles. The van der Waals surface area contributed by atoms with Crippen LogP contribution in [-0.2, 0) is 9.53 Å². The molecule has 1 aromatic heterocycles. The predicted molar refractivity (Wildman–Crippen MR) is 129 cm³/mol. The minimum Gasteiger partial charge on any atom is -0.464 e. The number of benzene rings is 3. The lowest BCUT2D eigenvalue weighted by atomic mass is 10.2. The SMILES string of the molecule is COC(=O)/C(=N\Nc1ccccc1[N+](=O)[O-])Sc1nnc(-c2ccccc2)n1-c1ccccc1. The number of carbonyl (C=O) groups excluding carboxylic acids is 1. The van der Waals surface area contributed by atoms with Gasteiger partial charge in [0.05, 0.1) is 12.0 Å². The van der Waals surface area contributed by atoms with Crippen LogP contribution in [0.1, 0.15) is 0 Å². The molecule has 0 spiro atoms. The van der Waals surface area contributed by atoms with Gasteiger partial charge in [-0.2, -0.15) is 5.10 Å². The molecule has 0 aliphatic carbocycles. The average Bonchev–Trinajstić information content (AvgIpc) is 3.30. The van der Waals surface area contributed by atoms with Gasteiger partial charge in [-0.1, -0.05) is 60.7 Å². The van der Waals surface area contributed by atoms with Crippen LogP contribution < -0.4 is 5.43 Å². The summed E-state index contributed by atoms with van der Waals surface area (Å²) in [6, 6.07) is 24.9. The van der Waals surface area contributed by atoms with Crippen LogP contribution in [0.2, 0.25) is 0 Å². The number of aromatic nitrogens is 3. The molecule has 0 aliphatic rings. The summed E-state index contributed by atoms with van der Waals surface area (Å²) < 4.78 is 6.66. The van der Waals surface area contributed by atoms with Crippen LogP contribution in [0.5, 0.6) is 0 Å². The van der Waals surface area contributed by atoms with Gasteiger partial charge in [-0.05, 0) is 30.0 Å². The molecule has 4 rings (SSSR count). The fraction of sp³-hybridized carbons (Fsp3) is 0.0435. The molecule has 0 aliphatic heterocycles. The highest BCUT2D eigenvalue weighted by Gasteiger charge is 2.23. The van der Waals surface area contributed by atoms with Gasteiger partial charge in [0.15, 0.2) is 5.82 Å². The molecule has 0 bridgehead atoms. The van der Waals surface area contributed by atoms with Crippen molar-refractivity contribution in [3.05, 3.63) is 95.0 Å². The number of para-hydroxylation sites is 3. The fourth-order valence-corrected chi connectivity index (χ4v) is 3.84. The van der Waals surface area contributed by atoms with Crippen LogP contribution in [0.4, 0.5) is 11.4 Å². The number of carbonyl (C=O) groups is 1. The van der Waals surface area contributed by atoms with Gasteiger partial charge in [0.25, 0.3) is 5.69 Å². The standard InChI is InChI=1S/C23H18N6O4S/c1-33-22(30)21(26-24-18-14-8-9-15-19(18)29(31)32)34-23-27-25-20(16-10-4-2-5-11-16)28(23)17-12-6-3-7-13-17/h2-15,24H,1H3/b26-21+. The van der Waals surface area contributed by atoms with Crippen molar-refractivity contribution in [1.29, 1.82) is 0 Å². The molecule has 0 saturated carbocycles. The number of hydrogen-bond acceptors (Lipinski definition) is 9. The second-order valence-corrected chi connectivity index (χ2v) is 7.70. The van der Waals surface area contributed by atoms with E-state index in [1.54, 1.807) is 10.6 Å². The lowest BCUT2D eigenvalue weighted by molar-refractivity contribution is -0.384. The molecule has 0 atom stereocenters. The van der Waals surface area contributed by atoms with Crippen molar-refractivity contribution in [1.82, 2.24) is 14.8 Å². The first-order valence-electron chi connectivity index (χ1n) is 9.98. The maximum atomic E-state index is 12.5. The molecule has 1 N–H and O–H groups in total. The number of hydrazone groups is 1. The zero-order valence-electron chi connectivity index (χ0n) is 17.9. The van der Waals surface area contributed by atoms with E-state index in [4.69, 9.17) is 4.74 Å².